The van der Waals surface area contributed by atoms with Crippen molar-refractivity contribution in [2.75, 3.05) is 5.32 Å². The quantitative estimate of drug-likeness (QED) is 0.716. The molecule has 0 aliphatic rings. The van der Waals surface area contributed by atoms with Gasteiger partial charge in [0, 0.05) is 12.1 Å². The van der Waals surface area contributed by atoms with Gasteiger partial charge < -0.3 is 15.1 Å². The third-order valence-electron chi connectivity index (χ3n) is 3.79. The number of amides is 2. The summed E-state index contributed by atoms with van der Waals surface area (Å²) in [7, 11) is 0. The lowest BCUT2D eigenvalue weighted by atomic mass is 10.1. The second-order valence-electron chi connectivity index (χ2n) is 5.85. The summed E-state index contributed by atoms with van der Waals surface area (Å²) in [6.45, 7) is 1.84. The van der Waals surface area contributed by atoms with E-state index < -0.39 is 11.9 Å². The predicted molar refractivity (Wildman–Crippen MR) is 97.7 cm³/mol. The number of hydrogen-bond donors (Lipinski definition) is 2. The number of carbonyl (C=O) groups is 2. The Labute approximate surface area is 151 Å². The zero-order valence-corrected chi connectivity index (χ0v) is 14.3. The zero-order chi connectivity index (χ0) is 18.4. The van der Waals surface area contributed by atoms with E-state index in [0.29, 0.717) is 12.2 Å². The van der Waals surface area contributed by atoms with Crippen molar-refractivity contribution in [2.24, 2.45) is 0 Å². The van der Waals surface area contributed by atoms with Gasteiger partial charge in [-0.15, -0.1) is 0 Å². The summed E-state index contributed by atoms with van der Waals surface area (Å²) in [5.74, 6) is -0.181. The lowest BCUT2D eigenvalue weighted by Gasteiger charge is -2.18. The molecule has 2 heterocycles. The Morgan fingerprint density at radius 3 is 2.54 bits per heavy atom. The zero-order valence-electron chi connectivity index (χ0n) is 14.3. The number of pyridine rings is 1. The topological polar surface area (TPSA) is 84.2 Å². The summed E-state index contributed by atoms with van der Waals surface area (Å²) in [5.41, 5.74) is 1.73. The maximum Gasteiger partial charge on any atom is 0.287 e. The highest BCUT2D eigenvalue weighted by atomic mass is 16.3. The van der Waals surface area contributed by atoms with Gasteiger partial charge in [-0.1, -0.05) is 36.4 Å². The minimum atomic E-state index is -0.766. The lowest BCUT2D eigenvalue weighted by Crippen LogP contribution is -2.45. The number of hydrogen-bond acceptors (Lipinski definition) is 4. The second-order valence-corrected chi connectivity index (χ2v) is 5.85. The molecular formula is C20H19N3O3. The van der Waals surface area contributed by atoms with E-state index in [1.54, 1.807) is 18.2 Å². The molecule has 0 bridgehead atoms. The minimum absolute atomic E-state index is 0.157. The van der Waals surface area contributed by atoms with E-state index >= 15 is 0 Å². The Bertz CT molecular complexity index is 876. The average molecular weight is 349 g/mol. The minimum Gasteiger partial charge on any atom is -0.459 e. The highest BCUT2D eigenvalue weighted by Gasteiger charge is 2.23. The average Bonchev–Trinajstić information content (AvgIpc) is 3.17. The van der Waals surface area contributed by atoms with Crippen LogP contribution >= 0.6 is 0 Å². The summed E-state index contributed by atoms with van der Waals surface area (Å²) >= 11 is 0. The molecule has 26 heavy (non-hydrogen) atoms. The summed E-state index contributed by atoms with van der Waals surface area (Å²) in [5, 5.41) is 5.49. The molecule has 1 aromatic carbocycles. The van der Waals surface area contributed by atoms with Crippen LogP contribution in [0.15, 0.2) is 71.3 Å². The van der Waals surface area contributed by atoms with Gasteiger partial charge in [0.25, 0.3) is 5.91 Å². The van der Waals surface area contributed by atoms with Crippen LogP contribution in [-0.4, -0.2) is 22.8 Å². The molecule has 0 unspecified atom stereocenters. The molecule has 3 rings (SSSR count). The highest BCUT2D eigenvalue weighted by molar-refractivity contribution is 5.99. The van der Waals surface area contributed by atoms with Crippen molar-refractivity contribution < 1.29 is 14.0 Å². The van der Waals surface area contributed by atoms with E-state index in [9.17, 15) is 9.59 Å². The summed E-state index contributed by atoms with van der Waals surface area (Å²) in [6.07, 6.45) is 1.77. The third kappa shape index (κ3) is 4.57. The van der Waals surface area contributed by atoms with Gasteiger partial charge >= 0.3 is 0 Å². The molecule has 0 radical (unpaired) electrons. The molecule has 132 valence electrons. The van der Waals surface area contributed by atoms with Gasteiger partial charge in [-0.3, -0.25) is 9.59 Å². The monoisotopic (exact) mass is 349 g/mol. The van der Waals surface area contributed by atoms with E-state index in [4.69, 9.17) is 4.42 Å². The van der Waals surface area contributed by atoms with Crippen molar-refractivity contribution in [1.29, 1.82) is 0 Å². The first-order chi connectivity index (χ1) is 12.6. The molecule has 0 fully saturated rings. The van der Waals surface area contributed by atoms with Crippen LogP contribution in [0.25, 0.3) is 0 Å². The first-order valence-corrected chi connectivity index (χ1v) is 8.24. The highest BCUT2D eigenvalue weighted by Crippen LogP contribution is 2.09. The van der Waals surface area contributed by atoms with Crippen LogP contribution in [0.4, 0.5) is 5.82 Å². The van der Waals surface area contributed by atoms with Crippen molar-refractivity contribution in [2.45, 2.75) is 19.4 Å². The second kappa shape index (κ2) is 8.11. The molecule has 0 aliphatic carbocycles. The number of rotatable bonds is 6. The number of furan rings is 1. The largest absolute Gasteiger partial charge is 0.459 e. The van der Waals surface area contributed by atoms with Crippen molar-refractivity contribution in [3.8, 4) is 0 Å². The number of anilines is 1. The fourth-order valence-electron chi connectivity index (χ4n) is 2.52. The first kappa shape index (κ1) is 17.4. The standard InChI is InChI=1S/C20H19N3O3/c1-14-7-5-11-18(21-14)23-19(24)16(13-15-8-3-2-4-9-15)22-20(25)17-10-6-12-26-17/h2-12,16H,13H2,1H3,(H,22,25)(H,21,23,24)/t16-/m0/s1. The molecule has 0 saturated carbocycles. The third-order valence-corrected chi connectivity index (χ3v) is 3.79. The molecule has 2 aromatic heterocycles. The van der Waals surface area contributed by atoms with Crippen molar-refractivity contribution in [3.05, 3.63) is 83.9 Å². The van der Waals surface area contributed by atoms with Crippen LogP contribution in [0.3, 0.4) is 0 Å². The van der Waals surface area contributed by atoms with Gasteiger partial charge in [-0.25, -0.2) is 4.98 Å². The molecule has 0 aliphatic heterocycles. The number of nitrogens with zero attached hydrogens (tertiary/aromatic N) is 1. The Kier molecular flexibility index (Phi) is 5.43. The Hall–Kier alpha value is -3.41. The van der Waals surface area contributed by atoms with E-state index in [0.717, 1.165) is 11.3 Å². The maximum absolute atomic E-state index is 12.7. The molecule has 0 saturated heterocycles. The van der Waals surface area contributed by atoms with E-state index in [-0.39, 0.29) is 11.7 Å². The Morgan fingerprint density at radius 2 is 1.85 bits per heavy atom. The number of benzene rings is 1. The number of aryl methyl sites for hydroxylation is 1. The van der Waals surface area contributed by atoms with Gasteiger partial charge in [0.1, 0.15) is 11.9 Å². The summed E-state index contributed by atoms with van der Waals surface area (Å²) in [4.78, 5) is 29.3. The fraction of sp³-hybridized carbons (Fsp3) is 0.150. The molecule has 6 nitrogen and oxygen atoms in total. The van der Waals surface area contributed by atoms with Crippen LogP contribution in [0.5, 0.6) is 0 Å². The molecule has 3 aromatic rings. The van der Waals surface area contributed by atoms with Crippen LogP contribution < -0.4 is 10.6 Å². The molecular weight excluding hydrogens is 330 g/mol. The van der Waals surface area contributed by atoms with Crippen LogP contribution in [0.2, 0.25) is 0 Å². The summed E-state index contributed by atoms with van der Waals surface area (Å²) < 4.78 is 5.10. The van der Waals surface area contributed by atoms with Gasteiger partial charge in [-0.05, 0) is 36.8 Å². The molecule has 0 spiro atoms. The van der Waals surface area contributed by atoms with Crippen molar-refractivity contribution in [1.82, 2.24) is 10.3 Å². The first-order valence-electron chi connectivity index (χ1n) is 8.24. The molecule has 2 N–H and O–H groups in total. The van der Waals surface area contributed by atoms with Gasteiger partial charge in [0.2, 0.25) is 5.91 Å². The normalized spacial score (nSPS) is 11.6. The number of nitrogens with one attached hydrogen (secondary N) is 2. The van der Waals surface area contributed by atoms with Crippen LogP contribution in [-0.2, 0) is 11.2 Å². The van der Waals surface area contributed by atoms with E-state index in [2.05, 4.69) is 15.6 Å². The van der Waals surface area contributed by atoms with Gasteiger partial charge in [-0.2, -0.15) is 0 Å². The van der Waals surface area contributed by atoms with Crippen LogP contribution in [0.1, 0.15) is 21.8 Å². The Morgan fingerprint density at radius 1 is 1.04 bits per heavy atom. The lowest BCUT2D eigenvalue weighted by molar-refractivity contribution is -0.118. The smallest absolute Gasteiger partial charge is 0.287 e. The predicted octanol–water partition coefficient (Wildman–Crippen LogP) is 2.96. The summed E-state index contributed by atoms with van der Waals surface area (Å²) in [6, 6.07) is 17.3. The van der Waals surface area contributed by atoms with Gasteiger partial charge in [0.05, 0.1) is 6.26 Å². The number of aromatic nitrogens is 1. The van der Waals surface area contributed by atoms with Crippen molar-refractivity contribution in [3.63, 3.8) is 0 Å². The molecule has 2 amide bonds. The van der Waals surface area contributed by atoms with Crippen LogP contribution in [0, 0.1) is 6.92 Å². The Balaban J connectivity index is 1.77. The van der Waals surface area contributed by atoms with Gasteiger partial charge in [0.15, 0.2) is 5.76 Å². The maximum atomic E-state index is 12.7. The number of carbonyl (C=O) groups excluding carboxylic acids is 2. The molecule has 6 heteroatoms. The SMILES string of the molecule is Cc1cccc(NC(=O)[C@H](Cc2ccccc2)NC(=O)c2ccco2)n1. The van der Waals surface area contributed by atoms with E-state index in [1.807, 2.05) is 49.4 Å². The van der Waals surface area contributed by atoms with Crippen molar-refractivity contribution >= 4 is 17.6 Å². The van der Waals surface area contributed by atoms with E-state index in [1.165, 1.54) is 6.26 Å². The fourth-order valence-corrected chi connectivity index (χ4v) is 2.52. The molecule has 1 atom stereocenters.